The van der Waals surface area contributed by atoms with Crippen LogP contribution in [0.5, 0.6) is 0 Å². The highest BCUT2D eigenvalue weighted by molar-refractivity contribution is 5.98. The van der Waals surface area contributed by atoms with Gasteiger partial charge in [-0.15, -0.1) is 0 Å². The molecule has 4 aromatic rings. The van der Waals surface area contributed by atoms with Gasteiger partial charge >= 0.3 is 18.0 Å². The van der Waals surface area contributed by atoms with E-state index in [2.05, 4.69) is 25.3 Å². The molecule has 0 bridgehead atoms. The van der Waals surface area contributed by atoms with Crippen molar-refractivity contribution in [2.24, 2.45) is 0 Å². The van der Waals surface area contributed by atoms with Crippen molar-refractivity contribution in [1.29, 1.82) is 0 Å². The Kier molecular flexibility index (Phi) is 6.11. The SMILES string of the molecule is O=C(Nc1ccccc1C(=O)O)OCc1cnc(-c2cc3nc(C(=O)O)c(=O)[nH]c3cc2[N+](=O)[O-])[nH]1. The molecule has 182 valence electrons. The molecule has 0 unspecified atom stereocenters. The number of hydrogen-bond acceptors (Lipinski definition) is 9. The highest BCUT2D eigenvalue weighted by Crippen LogP contribution is 2.31. The van der Waals surface area contributed by atoms with Crippen molar-refractivity contribution < 1.29 is 34.3 Å². The number of anilines is 1. The highest BCUT2D eigenvalue weighted by atomic mass is 16.6. The maximum Gasteiger partial charge on any atom is 0.412 e. The van der Waals surface area contributed by atoms with Crippen LogP contribution in [0.4, 0.5) is 16.2 Å². The molecule has 0 fully saturated rings. The number of carboxylic acid groups (broad SMARTS) is 2. The monoisotopic (exact) mass is 494 g/mol. The van der Waals surface area contributed by atoms with Gasteiger partial charge in [0.15, 0.2) is 0 Å². The van der Waals surface area contributed by atoms with Crippen LogP contribution in [-0.4, -0.2) is 53.1 Å². The summed E-state index contributed by atoms with van der Waals surface area (Å²) in [5.74, 6) is -2.82. The predicted molar refractivity (Wildman–Crippen MR) is 121 cm³/mol. The topological polar surface area (TPSA) is 230 Å². The third-order valence-electron chi connectivity index (χ3n) is 4.85. The molecule has 0 aliphatic heterocycles. The number of aromatic amines is 2. The number of aromatic nitrogens is 4. The fraction of sp³-hybridized carbons (Fsp3) is 0.0476. The van der Waals surface area contributed by atoms with Crippen molar-refractivity contribution >= 4 is 40.4 Å². The molecular formula is C21H14N6O9. The van der Waals surface area contributed by atoms with Crippen LogP contribution in [0.1, 0.15) is 26.5 Å². The molecule has 2 aromatic carbocycles. The van der Waals surface area contributed by atoms with Gasteiger partial charge in [-0.1, -0.05) is 12.1 Å². The normalized spacial score (nSPS) is 10.7. The summed E-state index contributed by atoms with van der Waals surface area (Å²) in [6.07, 6.45) is 0.302. The number of H-pyrrole nitrogens is 2. The molecule has 5 N–H and O–H groups in total. The summed E-state index contributed by atoms with van der Waals surface area (Å²) in [7, 11) is 0. The number of nitrogens with zero attached hydrogens (tertiary/aromatic N) is 3. The number of carbonyl (C=O) groups is 3. The van der Waals surface area contributed by atoms with E-state index in [1.54, 1.807) is 0 Å². The van der Waals surface area contributed by atoms with Gasteiger partial charge in [0, 0.05) is 6.07 Å². The van der Waals surface area contributed by atoms with Crippen molar-refractivity contribution in [3.63, 3.8) is 0 Å². The van der Waals surface area contributed by atoms with Gasteiger partial charge in [0.2, 0.25) is 5.69 Å². The van der Waals surface area contributed by atoms with Crippen molar-refractivity contribution in [2.45, 2.75) is 6.61 Å². The molecule has 0 atom stereocenters. The Morgan fingerprint density at radius 3 is 2.56 bits per heavy atom. The summed E-state index contributed by atoms with van der Waals surface area (Å²) in [6, 6.07) is 7.93. The lowest BCUT2D eigenvalue weighted by Crippen LogP contribution is -2.19. The molecule has 15 nitrogen and oxygen atoms in total. The van der Waals surface area contributed by atoms with Crippen LogP contribution in [0.2, 0.25) is 0 Å². The van der Waals surface area contributed by atoms with Crippen LogP contribution < -0.4 is 10.9 Å². The fourth-order valence-corrected chi connectivity index (χ4v) is 3.25. The van der Waals surface area contributed by atoms with E-state index in [4.69, 9.17) is 9.84 Å². The molecule has 0 radical (unpaired) electrons. The van der Waals surface area contributed by atoms with Crippen LogP contribution >= 0.6 is 0 Å². The number of ether oxygens (including phenoxy) is 1. The van der Waals surface area contributed by atoms with E-state index in [9.17, 15) is 34.4 Å². The summed E-state index contributed by atoms with van der Waals surface area (Å²) in [4.78, 5) is 70.1. The standard InChI is InChI=1S/C21H14N6O9/c28-18-16(20(31)32)24-13-5-11(15(27(34)35)6-14(13)25-18)17-22-7-9(23-17)8-36-21(33)26-12-4-2-1-3-10(12)19(29)30/h1-7H,8H2,(H,22,23)(H,25,28)(H,26,33)(H,29,30)(H,31,32). The van der Waals surface area contributed by atoms with E-state index in [1.807, 2.05) is 0 Å². The molecule has 0 aliphatic carbocycles. The van der Waals surface area contributed by atoms with Crippen LogP contribution in [0, 0.1) is 10.1 Å². The van der Waals surface area contributed by atoms with Gasteiger partial charge in [0.1, 0.15) is 12.4 Å². The molecule has 0 spiro atoms. The van der Waals surface area contributed by atoms with E-state index in [0.717, 1.165) is 6.07 Å². The summed E-state index contributed by atoms with van der Waals surface area (Å²) in [6.45, 7) is -0.343. The van der Waals surface area contributed by atoms with Crippen LogP contribution in [-0.2, 0) is 11.3 Å². The van der Waals surface area contributed by atoms with E-state index in [-0.39, 0.29) is 46.0 Å². The lowest BCUT2D eigenvalue weighted by molar-refractivity contribution is -0.384. The number of nitrogens with one attached hydrogen (secondary N) is 3. The zero-order valence-corrected chi connectivity index (χ0v) is 17.8. The number of imidazole rings is 1. The minimum absolute atomic E-state index is 0.0105. The molecule has 2 aromatic heterocycles. The van der Waals surface area contributed by atoms with Crippen LogP contribution in [0.25, 0.3) is 22.4 Å². The number of fused-ring (bicyclic) bond motifs is 1. The summed E-state index contributed by atoms with van der Waals surface area (Å²) >= 11 is 0. The number of carboxylic acids is 2. The molecular weight excluding hydrogens is 480 g/mol. The van der Waals surface area contributed by atoms with Crippen LogP contribution in [0.3, 0.4) is 0 Å². The average molecular weight is 494 g/mol. The average Bonchev–Trinajstić information content (AvgIpc) is 3.30. The molecule has 0 aliphatic rings. The maximum absolute atomic E-state index is 12.1. The first-order chi connectivity index (χ1) is 17.1. The zero-order chi connectivity index (χ0) is 26.0. The second-order valence-electron chi connectivity index (χ2n) is 7.17. The molecule has 15 heteroatoms. The Labute approximate surface area is 198 Å². The van der Waals surface area contributed by atoms with Gasteiger partial charge in [0.05, 0.1) is 44.7 Å². The van der Waals surface area contributed by atoms with Gasteiger partial charge in [-0.25, -0.2) is 24.4 Å². The number of benzene rings is 2. The Morgan fingerprint density at radius 1 is 1.11 bits per heavy atom. The largest absolute Gasteiger partial charge is 0.478 e. The van der Waals surface area contributed by atoms with Crippen molar-refractivity contribution in [3.8, 4) is 11.4 Å². The molecule has 4 rings (SSSR count). The molecule has 1 amide bonds. The third kappa shape index (κ3) is 4.69. The fourth-order valence-electron chi connectivity index (χ4n) is 3.25. The second kappa shape index (κ2) is 9.34. The summed E-state index contributed by atoms with van der Waals surface area (Å²) in [5, 5.41) is 32.2. The number of aromatic carboxylic acids is 2. The Hall–Kier alpha value is -5.60. The predicted octanol–water partition coefficient (Wildman–Crippen LogP) is 2.37. The first-order valence-electron chi connectivity index (χ1n) is 9.90. The molecule has 36 heavy (non-hydrogen) atoms. The lowest BCUT2D eigenvalue weighted by Gasteiger charge is -2.08. The number of para-hydroxylation sites is 1. The van der Waals surface area contributed by atoms with Crippen LogP contribution in [0.15, 0.2) is 47.4 Å². The Balaban J connectivity index is 1.58. The number of nitro groups is 1. The van der Waals surface area contributed by atoms with Gasteiger partial charge in [-0.2, -0.15) is 0 Å². The Bertz CT molecular complexity index is 1610. The third-order valence-corrected chi connectivity index (χ3v) is 4.85. The van der Waals surface area contributed by atoms with E-state index in [1.165, 1.54) is 36.5 Å². The minimum atomic E-state index is -1.57. The molecule has 0 saturated carbocycles. The Morgan fingerprint density at radius 2 is 1.86 bits per heavy atom. The molecule has 0 saturated heterocycles. The van der Waals surface area contributed by atoms with Gasteiger partial charge < -0.3 is 24.9 Å². The van der Waals surface area contributed by atoms with E-state index >= 15 is 0 Å². The number of nitro benzene ring substituents is 1. The first-order valence-corrected chi connectivity index (χ1v) is 9.90. The van der Waals surface area contributed by atoms with E-state index < -0.39 is 39.9 Å². The summed E-state index contributed by atoms with van der Waals surface area (Å²) in [5.41, 5.74) is -2.26. The van der Waals surface area contributed by atoms with E-state index in [0.29, 0.717) is 0 Å². The minimum Gasteiger partial charge on any atom is -0.478 e. The first kappa shape index (κ1) is 23.6. The van der Waals surface area contributed by atoms with Gasteiger partial charge in [-0.3, -0.25) is 20.2 Å². The van der Waals surface area contributed by atoms with Gasteiger partial charge in [0.25, 0.3) is 11.2 Å². The van der Waals surface area contributed by atoms with Crippen molar-refractivity contribution in [2.75, 3.05) is 5.32 Å². The highest BCUT2D eigenvalue weighted by Gasteiger charge is 2.22. The number of rotatable bonds is 7. The summed E-state index contributed by atoms with van der Waals surface area (Å²) < 4.78 is 5.05. The van der Waals surface area contributed by atoms with Crippen molar-refractivity contribution in [1.82, 2.24) is 19.9 Å². The smallest absolute Gasteiger partial charge is 0.412 e. The second-order valence-corrected chi connectivity index (χ2v) is 7.17. The van der Waals surface area contributed by atoms with Gasteiger partial charge in [-0.05, 0) is 18.2 Å². The molecule has 2 heterocycles. The number of carbonyl (C=O) groups excluding carboxylic acids is 1. The zero-order valence-electron chi connectivity index (χ0n) is 17.8. The quantitative estimate of drug-likeness (QED) is 0.185. The number of amides is 1. The lowest BCUT2D eigenvalue weighted by atomic mass is 10.1. The number of hydrogen-bond donors (Lipinski definition) is 5. The maximum atomic E-state index is 12.1. The van der Waals surface area contributed by atoms with Crippen molar-refractivity contribution in [3.05, 3.63) is 80.0 Å².